The monoisotopic (exact) mass is 675 g/mol. The van der Waals surface area contributed by atoms with Gasteiger partial charge in [0.05, 0.1) is 17.2 Å². The average molecular weight is 677 g/mol. The number of hydrogen-bond acceptors (Lipinski definition) is 6. The Balaban J connectivity index is 2.03. The molecule has 0 aliphatic heterocycles. The van der Waals surface area contributed by atoms with Gasteiger partial charge in [-0.05, 0) is 99.7 Å². The standard InChI is InChI=1S/C31H38BrN3O5S2/c1-6-22(3)33-31(37)23(4)34(20-24-9-8-10-25(32)19-24)30(36)21-35(26-11-13-27(14-12-26)40-7-2)42(38,39)29-17-15-28(41-5)16-18-29/h8-19,22-23H,6-7,20-21H2,1-5H3,(H,33,37). The van der Waals surface area contributed by atoms with Crippen LogP contribution < -0.4 is 14.4 Å². The molecule has 3 aromatic carbocycles. The summed E-state index contributed by atoms with van der Waals surface area (Å²) in [6.45, 7) is 7.45. The van der Waals surface area contributed by atoms with Gasteiger partial charge in [-0.2, -0.15) is 0 Å². The second-order valence-corrected chi connectivity index (χ2v) is 13.4. The maximum Gasteiger partial charge on any atom is 0.264 e. The lowest BCUT2D eigenvalue weighted by molar-refractivity contribution is -0.139. The first-order valence-corrected chi connectivity index (χ1v) is 17.2. The van der Waals surface area contributed by atoms with Crippen LogP contribution in [0.1, 0.15) is 39.7 Å². The third-order valence-electron chi connectivity index (χ3n) is 6.77. The molecule has 226 valence electrons. The Labute approximate surface area is 262 Å². The first kappa shape index (κ1) is 33.5. The van der Waals surface area contributed by atoms with Gasteiger partial charge in [0.25, 0.3) is 10.0 Å². The van der Waals surface area contributed by atoms with Crippen molar-refractivity contribution in [2.45, 2.75) is 62.5 Å². The molecule has 0 aliphatic rings. The zero-order chi connectivity index (χ0) is 30.9. The molecular formula is C31H38BrN3O5S2. The van der Waals surface area contributed by atoms with E-state index in [-0.39, 0.29) is 23.4 Å². The number of sulfonamides is 1. The molecule has 0 aromatic heterocycles. The molecule has 0 heterocycles. The van der Waals surface area contributed by atoms with E-state index < -0.39 is 28.5 Å². The van der Waals surface area contributed by atoms with Crippen LogP contribution in [0, 0.1) is 0 Å². The zero-order valence-corrected chi connectivity index (χ0v) is 27.8. The molecule has 0 saturated carbocycles. The van der Waals surface area contributed by atoms with Crippen LogP contribution in [0.25, 0.3) is 0 Å². The van der Waals surface area contributed by atoms with Crippen molar-refractivity contribution in [2.75, 3.05) is 23.7 Å². The normalized spacial score (nSPS) is 12.7. The van der Waals surface area contributed by atoms with Crippen molar-refractivity contribution in [1.82, 2.24) is 10.2 Å². The number of thioether (sulfide) groups is 1. The summed E-state index contributed by atoms with van der Waals surface area (Å²) >= 11 is 4.97. The molecule has 42 heavy (non-hydrogen) atoms. The van der Waals surface area contributed by atoms with Gasteiger partial charge in [0.15, 0.2) is 0 Å². The fourth-order valence-electron chi connectivity index (χ4n) is 4.16. The SMILES string of the molecule is CCOc1ccc(N(CC(=O)N(Cc2cccc(Br)c2)C(C)C(=O)NC(C)CC)S(=O)(=O)c2ccc(SC)cc2)cc1. The first-order chi connectivity index (χ1) is 20.0. The molecular weight excluding hydrogens is 638 g/mol. The number of amides is 2. The Bertz CT molecular complexity index is 1450. The van der Waals surface area contributed by atoms with E-state index in [2.05, 4.69) is 21.2 Å². The molecule has 3 rings (SSSR count). The van der Waals surface area contributed by atoms with Crippen molar-refractivity contribution in [1.29, 1.82) is 0 Å². The quantitative estimate of drug-likeness (QED) is 0.208. The number of benzene rings is 3. The van der Waals surface area contributed by atoms with Gasteiger partial charge in [0, 0.05) is 22.0 Å². The summed E-state index contributed by atoms with van der Waals surface area (Å²) in [5.41, 5.74) is 1.10. The van der Waals surface area contributed by atoms with E-state index in [0.717, 1.165) is 25.7 Å². The van der Waals surface area contributed by atoms with Crippen LogP contribution in [0.4, 0.5) is 5.69 Å². The van der Waals surface area contributed by atoms with Crippen LogP contribution in [-0.2, 0) is 26.2 Å². The van der Waals surface area contributed by atoms with Crippen LogP contribution in [0.15, 0.2) is 87.1 Å². The molecule has 0 radical (unpaired) electrons. The highest BCUT2D eigenvalue weighted by Crippen LogP contribution is 2.28. The molecule has 0 aliphatic carbocycles. The lowest BCUT2D eigenvalue weighted by Crippen LogP contribution is -2.52. The van der Waals surface area contributed by atoms with E-state index in [1.807, 2.05) is 51.3 Å². The third-order valence-corrected chi connectivity index (χ3v) is 9.80. The van der Waals surface area contributed by atoms with Gasteiger partial charge in [-0.25, -0.2) is 8.42 Å². The summed E-state index contributed by atoms with van der Waals surface area (Å²) in [7, 11) is -4.15. The molecule has 2 amide bonds. The minimum Gasteiger partial charge on any atom is -0.494 e. The number of rotatable bonds is 14. The lowest BCUT2D eigenvalue weighted by Gasteiger charge is -2.32. The predicted molar refractivity (Wildman–Crippen MR) is 172 cm³/mol. The smallest absolute Gasteiger partial charge is 0.264 e. The summed E-state index contributed by atoms with van der Waals surface area (Å²) in [6.07, 6.45) is 2.64. The zero-order valence-electron chi connectivity index (χ0n) is 24.5. The summed E-state index contributed by atoms with van der Waals surface area (Å²) in [4.78, 5) is 29.7. The van der Waals surface area contributed by atoms with Crippen molar-refractivity contribution in [3.05, 3.63) is 82.8 Å². The van der Waals surface area contributed by atoms with Gasteiger partial charge in [-0.1, -0.05) is 35.0 Å². The number of nitrogens with zero attached hydrogens (tertiary/aromatic N) is 2. The lowest BCUT2D eigenvalue weighted by atomic mass is 10.1. The highest BCUT2D eigenvalue weighted by Gasteiger charge is 2.33. The van der Waals surface area contributed by atoms with Gasteiger partial charge in [-0.3, -0.25) is 13.9 Å². The second kappa shape index (κ2) is 15.5. The van der Waals surface area contributed by atoms with Gasteiger partial charge < -0.3 is 15.0 Å². The Morgan fingerprint density at radius 2 is 1.67 bits per heavy atom. The fourth-order valence-corrected chi connectivity index (χ4v) is 6.43. The van der Waals surface area contributed by atoms with Crippen LogP contribution in [0.2, 0.25) is 0 Å². The molecule has 0 spiro atoms. The second-order valence-electron chi connectivity index (χ2n) is 9.76. The van der Waals surface area contributed by atoms with Crippen molar-refractivity contribution in [2.24, 2.45) is 0 Å². The number of nitrogens with one attached hydrogen (secondary N) is 1. The number of carbonyl (C=O) groups is 2. The number of hydrogen-bond donors (Lipinski definition) is 1. The van der Waals surface area contributed by atoms with E-state index in [9.17, 15) is 18.0 Å². The van der Waals surface area contributed by atoms with E-state index >= 15 is 0 Å². The van der Waals surface area contributed by atoms with Gasteiger partial charge in [-0.15, -0.1) is 11.8 Å². The van der Waals surface area contributed by atoms with Gasteiger partial charge in [0.2, 0.25) is 11.8 Å². The molecule has 11 heteroatoms. The van der Waals surface area contributed by atoms with Crippen LogP contribution in [0.5, 0.6) is 5.75 Å². The van der Waals surface area contributed by atoms with Crippen LogP contribution >= 0.6 is 27.7 Å². The number of anilines is 1. The largest absolute Gasteiger partial charge is 0.494 e. The van der Waals surface area contributed by atoms with Crippen molar-refractivity contribution < 1.29 is 22.7 Å². The number of carbonyl (C=O) groups excluding carboxylic acids is 2. The van der Waals surface area contributed by atoms with Gasteiger partial charge >= 0.3 is 0 Å². The minimum atomic E-state index is -4.15. The molecule has 0 bridgehead atoms. The van der Waals surface area contributed by atoms with E-state index in [1.165, 1.54) is 28.8 Å². The number of halogens is 1. The molecule has 1 N–H and O–H groups in total. The maximum absolute atomic E-state index is 14.1. The molecule has 0 fully saturated rings. The van der Waals surface area contributed by atoms with Gasteiger partial charge in [0.1, 0.15) is 18.3 Å². The summed E-state index contributed by atoms with van der Waals surface area (Å²) < 4.78 is 35.5. The van der Waals surface area contributed by atoms with Crippen LogP contribution in [0.3, 0.4) is 0 Å². The minimum absolute atomic E-state index is 0.0584. The molecule has 2 atom stereocenters. The van der Waals surface area contributed by atoms with E-state index in [4.69, 9.17) is 4.74 Å². The molecule has 0 saturated heterocycles. The average Bonchev–Trinajstić information content (AvgIpc) is 2.98. The van der Waals surface area contributed by atoms with E-state index in [1.54, 1.807) is 43.3 Å². The third kappa shape index (κ3) is 8.75. The Kier molecular flexibility index (Phi) is 12.3. The summed E-state index contributed by atoms with van der Waals surface area (Å²) in [6, 6.07) is 19.6. The Morgan fingerprint density at radius 3 is 2.24 bits per heavy atom. The van der Waals surface area contributed by atoms with Crippen molar-refractivity contribution in [3.63, 3.8) is 0 Å². The predicted octanol–water partition coefficient (Wildman–Crippen LogP) is 6.10. The molecule has 2 unspecified atom stereocenters. The number of ether oxygens (including phenoxy) is 1. The van der Waals surface area contributed by atoms with Crippen molar-refractivity contribution in [3.8, 4) is 5.75 Å². The highest BCUT2D eigenvalue weighted by molar-refractivity contribution is 9.10. The Morgan fingerprint density at radius 1 is 1.00 bits per heavy atom. The summed E-state index contributed by atoms with van der Waals surface area (Å²) in [5.74, 6) is -0.239. The molecule has 3 aromatic rings. The van der Waals surface area contributed by atoms with E-state index in [0.29, 0.717) is 18.0 Å². The fraction of sp³-hybridized carbons (Fsp3) is 0.355. The molecule has 8 nitrogen and oxygen atoms in total. The topological polar surface area (TPSA) is 96.0 Å². The summed E-state index contributed by atoms with van der Waals surface area (Å²) in [5, 5.41) is 2.94. The Hall–Kier alpha value is -3.02. The maximum atomic E-state index is 14.1. The van der Waals surface area contributed by atoms with Crippen LogP contribution in [-0.4, -0.2) is 56.6 Å². The highest BCUT2D eigenvalue weighted by atomic mass is 79.9. The van der Waals surface area contributed by atoms with Crippen molar-refractivity contribution >= 4 is 55.2 Å². The first-order valence-electron chi connectivity index (χ1n) is 13.7.